The summed E-state index contributed by atoms with van der Waals surface area (Å²) in [5.74, 6) is -1.08. The fourth-order valence-corrected chi connectivity index (χ4v) is 0.592. The fraction of sp³-hybridized carbons (Fsp3) is 0.333. The van der Waals surface area contributed by atoms with E-state index < -0.39 is 17.2 Å². The minimum Gasteiger partial charge on any atom is -0.390 e. The maximum Gasteiger partial charge on any atom is 0.551 e. The molecule has 0 spiro atoms. The molecule has 0 radical (unpaired) electrons. The predicted molar refractivity (Wildman–Crippen MR) is 35.1 cm³/mol. The highest BCUT2D eigenvalue weighted by Gasteiger charge is 2.43. The van der Waals surface area contributed by atoms with Gasteiger partial charge in [-0.3, -0.25) is 0 Å². The number of rotatable bonds is 2. The highest BCUT2D eigenvalue weighted by Crippen LogP contribution is 2.18. The van der Waals surface area contributed by atoms with Crippen molar-refractivity contribution in [3.8, 4) is 6.19 Å². The number of nitrogens with zero attached hydrogens (tertiary/aromatic N) is 5. The van der Waals surface area contributed by atoms with E-state index in [0.717, 1.165) is 6.19 Å². The second-order valence-corrected chi connectivity index (χ2v) is 2.06. The summed E-state index contributed by atoms with van der Waals surface area (Å²) >= 11 is 0. The molecule has 0 saturated heterocycles. The van der Waals surface area contributed by atoms with Gasteiger partial charge in [0, 0.05) is 5.10 Å². The van der Waals surface area contributed by atoms with Gasteiger partial charge in [-0.25, -0.2) is 0 Å². The second kappa shape index (κ2) is 4.14. The van der Waals surface area contributed by atoms with Crippen LogP contribution in [-0.4, -0.2) is 27.5 Å². The summed E-state index contributed by atoms with van der Waals surface area (Å²) in [6, 6.07) is 0. The average Bonchev–Trinajstić information content (AvgIpc) is 2.56. The van der Waals surface area contributed by atoms with Gasteiger partial charge in [0.15, 0.2) is 0 Å². The lowest BCUT2D eigenvalue weighted by Crippen LogP contribution is -2.45. The smallest absolute Gasteiger partial charge is 0.390 e. The van der Waals surface area contributed by atoms with Crippen LogP contribution in [0.1, 0.15) is 0 Å². The number of hydrogen-bond acceptors (Lipinski definition) is 9. The summed E-state index contributed by atoms with van der Waals surface area (Å²) in [4.78, 5) is 15.5. The van der Waals surface area contributed by atoms with E-state index in [1.165, 1.54) is 0 Å². The summed E-state index contributed by atoms with van der Waals surface area (Å²) in [5, 5.41) is 21.4. The van der Waals surface area contributed by atoms with Crippen molar-refractivity contribution in [2.75, 3.05) is 0 Å². The van der Waals surface area contributed by atoms with Crippen molar-refractivity contribution >= 4 is 5.96 Å². The molecule has 88 valence electrons. The van der Waals surface area contributed by atoms with E-state index in [9.17, 15) is 23.3 Å². The Bertz CT molecular complexity index is 361. The first kappa shape index (κ1) is 11.9. The number of nitrogens with one attached hydrogen (secondary N) is 1. The predicted octanol–water partition coefficient (Wildman–Crippen LogP) is -0.565. The number of nitro groups is 1. The molecule has 0 amide bonds. The normalized spacial score (nSPS) is 16.6. The van der Waals surface area contributed by atoms with Crippen LogP contribution in [-0.2, 0) is 9.88 Å². The van der Waals surface area contributed by atoms with Crippen molar-refractivity contribution in [2.24, 2.45) is 5.10 Å². The number of hydrazine groups is 2. The molecule has 10 nitrogen and oxygen atoms in total. The van der Waals surface area contributed by atoms with E-state index >= 15 is 0 Å². The molecular formula is C3HF3N6O4. The molecule has 1 heterocycles. The zero-order valence-corrected chi connectivity index (χ0v) is 7.00. The van der Waals surface area contributed by atoms with Gasteiger partial charge in [-0.2, -0.15) is 5.26 Å². The van der Waals surface area contributed by atoms with E-state index in [2.05, 4.69) is 15.0 Å². The molecule has 1 rings (SSSR count). The van der Waals surface area contributed by atoms with Crippen LogP contribution in [0.15, 0.2) is 5.10 Å². The van der Waals surface area contributed by atoms with Crippen molar-refractivity contribution in [1.82, 2.24) is 15.8 Å². The fourth-order valence-electron chi connectivity index (χ4n) is 0.592. The van der Waals surface area contributed by atoms with Crippen molar-refractivity contribution in [3.05, 3.63) is 10.1 Å². The number of alkyl halides is 3. The number of hydrogen-bond donors (Lipinski definition) is 1. The topological polar surface area (TPSA) is 116 Å². The first-order valence-electron chi connectivity index (χ1n) is 3.25. The summed E-state index contributed by atoms with van der Waals surface area (Å²) in [7, 11) is 0. The Morgan fingerprint density at radius 1 is 1.62 bits per heavy atom. The summed E-state index contributed by atoms with van der Waals surface area (Å²) in [5.41, 5.74) is 1.60. The first-order valence-corrected chi connectivity index (χ1v) is 3.25. The molecule has 0 aliphatic carbocycles. The molecule has 1 aliphatic rings. The van der Waals surface area contributed by atoms with Gasteiger partial charge in [0.2, 0.25) is 0 Å². The third-order valence-corrected chi connectivity index (χ3v) is 1.07. The molecule has 0 fully saturated rings. The quantitative estimate of drug-likeness (QED) is 0.296. The summed E-state index contributed by atoms with van der Waals surface area (Å²) < 4.78 is 34.6. The SMILES string of the molecule is N#CN1C([N+](=O)[O-])=NNN1OOC(F)(F)F. The van der Waals surface area contributed by atoms with Gasteiger partial charge in [0.05, 0.1) is 0 Å². The van der Waals surface area contributed by atoms with Crippen LogP contribution < -0.4 is 5.53 Å². The Morgan fingerprint density at radius 3 is 2.69 bits per heavy atom. The van der Waals surface area contributed by atoms with Crippen molar-refractivity contribution in [3.63, 3.8) is 0 Å². The van der Waals surface area contributed by atoms with E-state index in [1.54, 1.807) is 5.53 Å². The zero-order valence-electron chi connectivity index (χ0n) is 7.00. The van der Waals surface area contributed by atoms with Crippen molar-refractivity contribution in [1.29, 1.82) is 5.26 Å². The molecule has 0 unspecified atom stereocenters. The molecular weight excluding hydrogens is 241 g/mol. The van der Waals surface area contributed by atoms with Crippen LogP contribution >= 0.6 is 0 Å². The minimum absolute atomic E-state index is 0.00819. The summed E-state index contributed by atoms with van der Waals surface area (Å²) in [6.45, 7) is 0. The number of guanidine groups is 1. The van der Waals surface area contributed by atoms with Crippen LogP contribution in [0.4, 0.5) is 13.2 Å². The van der Waals surface area contributed by atoms with Crippen molar-refractivity contribution in [2.45, 2.75) is 6.36 Å². The van der Waals surface area contributed by atoms with Gasteiger partial charge in [-0.15, -0.1) is 23.6 Å². The monoisotopic (exact) mass is 242 g/mol. The molecule has 0 aromatic rings. The molecule has 13 heteroatoms. The molecule has 0 saturated carbocycles. The Labute approximate surface area is 84.0 Å². The Balaban J connectivity index is 2.61. The molecule has 1 aliphatic heterocycles. The first-order chi connectivity index (χ1) is 7.35. The van der Waals surface area contributed by atoms with Crippen molar-refractivity contribution < 1.29 is 28.0 Å². The number of halogens is 3. The van der Waals surface area contributed by atoms with Gasteiger partial charge >= 0.3 is 12.3 Å². The Hall–Kier alpha value is -2.17. The standard InChI is InChI=1S/C3HF3N6O4/c4-3(5,6)15-16-12-9-8-2(11(13)14)10(12)1-7/h9H. The van der Waals surface area contributed by atoms with Crippen LogP contribution in [0.3, 0.4) is 0 Å². The second-order valence-electron chi connectivity index (χ2n) is 2.06. The average molecular weight is 242 g/mol. The highest BCUT2D eigenvalue weighted by atomic mass is 19.4. The molecule has 0 atom stereocenters. The summed E-state index contributed by atoms with van der Waals surface area (Å²) in [6.07, 6.45) is -4.01. The molecule has 0 bridgehead atoms. The third-order valence-electron chi connectivity index (χ3n) is 1.07. The highest BCUT2D eigenvalue weighted by molar-refractivity contribution is 5.73. The Morgan fingerprint density at radius 2 is 2.25 bits per heavy atom. The lowest BCUT2D eigenvalue weighted by molar-refractivity contribution is -0.575. The molecule has 1 N–H and O–H groups in total. The third kappa shape index (κ3) is 2.66. The molecule has 16 heavy (non-hydrogen) atoms. The van der Waals surface area contributed by atoms with E-state index in [4.69, 9.17) is 5.26 Å². The van der Waals surface area contributed by atoms with Crippen LogP contribution in [0.25, 0.3) is 0 Å². The largest absolute Gasteiger partial charge is 0.551 e. The number of nitriles is 1. The maximum atomic E-state index is 11.5. The van der Waals surface area contributed by atoms with Gasteiger partial charge in [0.1, 0.15) is 5.28 Å². The van der Waals surface area contributed by atoms with E-state index in [0.29, 0.717) is 0 Å². The van der Waals surface area contributed by atoms with Crippen LogP contribution in [0.5, 0.6) is 0 Å². The van der Waals surface area contributed by atoms with E-state index in [1.807, 2.05) is 0 Å². The molecule has 0 aromatic heterocycles. The maximum absolute atomic E-state index is 11.5. The molecule has 0 aromatic carbocycles. The van der Waals surface area contributed by atoms with Crippen LogP contribution in [0, 0.1) is 21.6 Å². The lowest BCUT2D eigenvalue weighted by atomic mass is 10.9. The number of hydrazone groups is 1. The van der Waals surface area contributed by atoms with Gasteiger partial charge in [-0.05, 0) is 9.93 Å². The van der Waals surface area contributed by atoms with E-state index in [-0.39, 0.29) is 10.3 Å². The minimum atomic E-state index is -5.14. The Kier molecular flexibility index (Phi) is 3.08. The van der Waals surface area contributed by atoms with Gasteiger partial charge in [0.25, 0.3) is 6.19 Å². The lowest BCUT2D eigenvalue weighted by Gasteiger charge is -2.13. The van der Waals surface area contributed by atoms with Crippen LogP contribution in [0.2, 0.25) is 0 Å². The zero-order chi connectivity index (χ0) is 12.3. The van der Waals surface area contributed by atoms with Gasteiger partial charge < -0.3 is 10.1 Å². The van der Waals surface area contributed by atoms with Gasteiger partial charge in [-0.1, -0.05) is 4.99 Å².